The number of nitrogens with zero attached hydrogens (tertiary/aromatic N) is 4. The second-order valence-corrected chi connectivity index (χ2v) is 10.6. The summed E-state index contributed by atoms with van der Waals surface area (Å²) in [6, 6.07) is 13.7. The molecule has 0 unspecified atom stereocenters. The monoisotopic (exact) mass is 512 g/mol. The Morgan fingerprint density at radius 1 is 1.11 bits per heavy atom. The number of anilines is 1. The Hall–Kier alpha value is -2.64. The van der Waals surface area contributed by atoms with Gasteiger partial charge in [0.15, 0.2) is 0 Å². The van der Waals surface area contributed by atoms with Crippen LogP contribution in [0.3, 0.4) is 0 Å². The predicted molar refractivity (Wildman–Crippen MR) is 143 cm³/mol. The number of carbonyl (C=O) groups is 2. The third-order valence-electron chi connectivity index (χ3n) is 7.62. The molecule has 2 aromatic rings. The van der Waals surface area contributed by atoms with Crippen molar-refractivity contribution in [2.45, 2.75) is 37.5 Å². The number of pyridine rings is 1. The fraction of sp³-hybridized carbons (Fsp3) is 0.536. The Kier molecular flexibility index (Phi) is 8.52. The van der Waals surface area contributed by atoms with E-state index in [0.717, 1.165) is 63.1 Å². The fourth-order valence-corrected chi connectivity index (χ4v) is 5.61. The highest BCUT2D eigenvalue weighted by atomic mass is 35.5. The number of hydrogen-bond donors (Lipinski definition) is 0. The van der Waals surface area contributed by atoms with E-state index in [9.17, 15) is 9.59 Å². The van der Waals surface area contributed by atoms with Crippen LogP contribution in [0, 0.1) is 5.92 Å². The molecule has 2 amide bonds. The molecular formula is C28H37ClN4O3. The van der Waals surface area contributed by atoms with E-state index >= 15 is 0 Å². The van der Waals surface area contributed by atoms with Gasteiger partial charge in [0.2, 0.25) is 5.91 Å². The quantitative estimate of drug-likeness (QED) is 0.495. The third-order valence-corrected chi connectivity index (χ3v) is 7.91. The molecule has 2 aliphatic rings. The molecule has 2 aliphatic heterocycles. The van der Waals surface area contributed by atoms with Gasteiger partial charge in [0.05, 0.1) is 17.6 Å². The molecule has 36 heavy (non-hydrogen) atoms. The smallest absolute Gasteiger partial charge is 0.256 e. The molecule has 8 heteroatoms. The van der Waals surface area contributed by atoms with Gasteiger partial charge in [-0.3, -0.25) is 9.59 Å². The molecule has 4 rings (SSSR count). The standard InChI is InChI=1S/C28H37ClN4O3/c1-31(2)26(34)23-11-12-24(30-25(23)29)33-17-13-21(14-18-33)8-7-16-32(3)27(35)28(15-19-36-20-28)22-9-5-4-6-10-22/h4-6,9-12,21H,7-8,13-20H2,1-3H3/t28-/m0/s1. The molecule has 0 saturated carbocycles. The SMILES string of the molecule is CN(C)C(=O)c1ccc(N2CCC(CCCN(C)C(=O)[C@@]3(c4ccccc4)CCOC3)CC2)nc1Cl. The van der Waals surface area contributed by atoms with Gasteiger partial charge >= 0.3 is 0 Å². The van der Waals surface area contributed by atoms with Crippen LogP contribution in [0.5, 0.6) is 0 Å². The topological polar surface area (TPSA) is 66.0 Å². The van der Waals surface area contributed by atoms with Gasteiger partial charge in [-0.25, -0.2) is 4.98 Å². The maximum Gasteiger partial charge on any atom is 0.256 e. The number of benzene rings is 1. The summed E-state index contributed by atoms with van der Waals surface area (Å²) in [5, 5.41) is 0.252. The van der Waals surface area contributed by atoms with Crippen molar-refractivity contribution in [1.29, 1.82) is 0 Å². The van der Waals surface area contributed by atoms with Gasteiger partial charge < -0.3 is 19.4 Å². The Bertz CT molecular complexity index is 1050. The number of halogens is 1. The van der Waals surface area contributed by atoms with E-state index in [-0.39, 0.29) is 17.0 Å². The number of hydrogen-bond acceptors (Lipinski definition) is 5. The van der Waals surface area contributed by atoms with Crippen molar-refractivity contribution < 1.29 is 14.3 Å². The predicted octanol–water partition coefficient (Wildman–Crippen LogP) is 4.25. The number of likely N-dealkylation sites (N-methyl/N-ethyl adjacent to an activating group) is 1. The Balaban J connectivity index is 1.25. The number of amides is 2. The summed E-state index contributed by atoms with van der Waals surface area (Å²) in [7, 11) is 5.33. The van der Waals surface area contributed by atoms with Crippen LogP contribution in [0.15, 0.2) is 42.5 Å². The van der Waals surface area contributed by atoms with Crippen LogP contribution in [-0.2, 0) is 14.9 Å². The largest absolute Gasteiger partial charge is 0.380 e. The van der Waals surface area contributed by atoms with Crippen LogP contribution in [0.2, 0.25) is 5.15 Å². The van der Waals surface area contributed by atoms with E-state index in [1.54, 1.807) is 20.2 Å². The van der Waals surface area contributed by atoms with Crippen LogP contribution in [0.4, 0.5) is 5.82 Å². The van der Waals surface area contributed by atoms with Gasteiger partial charge in [0.25, 0.3) is 5.91 Å². The number of carbonyl (C=O) groups excluding carboxylic acids is 2. The van der Waals surface area contributed by atoms with Gasteiger partial charge in [-0.1, -0.05) is 41.9 Å². The first-order chi connectivity index (χ1) is 17.3. The van der Waals surface area contributed by atoms with Crippen LogP contribution in [-0.4, -0.2) is 80.6 Å². The first-order valence-electron chi connectivity index (χ1n) is 12.8. The molecule has 0 bridgehead atoms. The number of rotatable bonds is 8. The minimum absolute atomic E-state index is 0.142. The highest BCUT2D eigenvalue weighted by molar-refractivity contribution is 6.32. The lowest BCUT2D eigenvalue weighted by Gasteiger charge is -2.34. The summed E-state index contributed by atoms with van der Waals surface area (Å²) < 4.78 is 5.68. The molecule has 1 aromatic heterocycles. The maximum absolute atomic E-state index is 13.5. The fourth-order valence-electron chi connectivity index (χ4n) is 5.38. The van der Waals surface area contributed by atoms with E-state index in [1.165, 1.54) is 4.90 Å². The van der Waals surface area contributed by atoms with Crippen molar-refractivity contribution in [1.82, 2.24) is 14.8 Å². The van der Waals surface area contributed by atoms with Crippen molar-refractivity contribution in [3.8, 4) is 0 Å². The molecular weight excluding hydrogens is 476 g/mol. The maximum atomic E-state index is 13.5. The van der Waals surface area contributed by atoms with Crippen molar-refractivity contribution >= 4 is 29.2 Å². The zero-order chi connectivity index (χ0) is 25.7. The summed E-state index contributed by atoms with van der Waals surface area (Å²) in [6.07, 6.45) is 4.99. The second-order valence-electron chi connectivity index (χ2n) is 10.3. The summed E-state index contributed by atoms with van der Waals surface area (Å²) in [5.74, 6) is 1.48. The number of ether oxygens (including phenoxy) is 1. The molecule has 1 aromatic carbocycles. The van der Waals surface area contributed by atoms with Gasteiger partial charge in [-0.2, -0.15) is 0 Å². The molecule has 7 nitrogen and oxygen atoms in total. The number of piperidine rings is 1. The third kappa shape index (κ3) is 5.68. The lowest BCUT2D eigenvalue weighted by Crippen LogP contribution is -2.46. The van der Waals surface area contributed by atoms with E-state index < -0.39 is 5.41 Å². The molecule has 194 valence electrons. The van der Waals surface area contributed by atoms with E-state index in [2.05, 4.69) is 9.88 Å². The minimum Gasteiger partial charge on any atom is -0.380 e. The van der Waals surface area contributed by atoms with E-state index in [4.69, 9.17) is 16.3 Å². The Morgan fingerprint density at radius 3 is 2.44 bits per heavy atom. The van der Waals surface area contributed by atoms with Crippen molar-refractivity contribution in [3.05, 3.63) is 58.7 Å². The molecule has 0 spiro atoms. The average Bonchev–Trinajstić information content (AvgIpc) is 3.40. The van der Waals surface area contributed by atoms with Gasteiger partial charge in [-0.15, -0.1) is 0 Å². The first-order valence-corrected chi connectivity index (χ1v) is 13.2. The lowest BCUT2D eigenvalue weighted by molar-refractivity contribution is -0.136. The first kappa shape index (κ1) is 26.4. The highest BCUT2D eigenvalue weighted by Gasteiger charge is 2.45. The normalized spacial score (nSPS) is 20.4. The minimum atomic E-state index is -0.553. The molecule has 0 radical (unpaired) electrons. The molecule has 0 N–H and O–H groups in total. The molecule has 1 atom stereocenters. The van der Waals surface area contributed by atoms with E-state index in [1.807, 2.05) is 48.3 Å². The van der Waals surface area contributed by atoms with Crippen molar-refractivity contribution in [3.63, 3.8) is 0 Å². The van der Waals surface area contributed by atoms with Crippen molar-refractivity contribution in [2.75, 3.05) is 58.9 Å². The second kappa shape index (κ2) is 11.6. The molecule has 0 aliphatic carbocycles. The van der Waals surface area contributed by atoms with Crippen molar-refractivity contribution in [2.24, 2.45) is 5.92 Å². The Morgan fingerprint density at radius 2 is 1.83 bits per heavy atom. The summed E-state index contributed by atoms with van der Waals surface area (Å²) in [5.41, 5.74) is 0.930. The average molecular weight is 513 g/mol. The van der Waals surface area contributed by atoms with Gasteiger partial charge in [-0.05, 0) is 55.7 Å². The highest BCUT2D eigenvalue weighted by Crippen LogP contribution is 2.35. The Labute approximate surface area is 219 Å². The lowest BCUT2D eigenvalue weighted by atomic mass is 9.78. The summed E-state index contributed by atoms with van der Waals surface area (Å²) in [4.78, 5) is 35.8. The molecule has 2 fully saturated rings. The zero-order valence-corrected chi connectivity index (χ0v) is 22.3. The van der Waals surface area contributed by atoms with Crippen LogP contribution >= 0.6 is 11.6 Å². The molecule has 2 saturated heterocycles. The van der Waals surface area contributed by atoms with Crippen LogP contribution in [0.25, 0.3) is 0 Å². The summed E-state index contributed by atoms with van der Waals surface area (Å²) in [6.45, 7) is 3.67. The molecule has 3 heterocycles. The van der Waals surface area contributed by atoms with Crippen LogP contribution in [0.1, 0.15) is 48.0 Å². The van der Waals surface area contributed by atoms with Crippen LogP contribution < -0.4 is 4.90 Å². The number of aromatic nitrogens is 1. The van der Waals surface area contributed by atoms with Gasteiger partial charge in [0.1, 0.15) is 11.0 Å². The van der Waals surface area contributed by atoms with E-state index in [0.29, 0.717) is 24.7 Å². The van der Waals surface area contributed by atoms with Gasteiger partial charge in [0, 0.05) is 47.4 Å². The summed E-state index contributed by atoms with van der Waals surface area (Å²) >= 11 is 6.31. The zero-order valence-electron chi connectivity index (χ0n) is 21.6.